The molecule has 0 aliphatic carbocycles. The van der Waals surface area contributed by atoms with Gasteiger partial charge in [0.15, 0.2) is 5.82 Å². The largest absolute Gasteiger partial charge is 0.395 e. The summed E-state index contributed by atoms with van der Waals surface area (Å²) in [6, 6.07) is 3.67. The summed E-state index contributed by atoms with van der Waals surface area (Å²) in [6.45, 7) is 9.55. The Morgan fingerprint density at radius 1 is 1.53 bits per heavy atom. The maximum absolute atomic E-state index is 8.86. The highest BCUT2D eigenvalue weighted by Gasteiger charge is 2.20. The molecule has 0 radical (unpaired) electrons. The Kier molecular flexibility index (Phi) is 3.95. The van der Waals surface area contributed by atoms with Gasteiger partial charge in [0, 0.05) is 12.7 Å². The molecular formula is C13H20N4. The van der Waals surface area contributed by atoms with Crippen LogP contribution in [0.25, 0.3) is 0 Å². The molecule has 1 unspecified atom stereocenters. The first-order valence-corrected chi connectivity index (χ1v) is 5.74. The molecule has 0 amide bonds. The number of nitrogens with two attached hydrogens (primary N) is 1. The molecule has 0 saturated carbocycles. The Morgan fingerprint density at radius 3 is 2.71 bits per heavy atom. The van der Waals surface area contributed by atoms with Crippen LogP contribution >= 0.6 is 0 Å². The van der Waals surface area contributed by atoms with E-state index in [4.69, 9.17) is 11.0 Å². The van der Waals surface area contributed by atoms with Crippen molar-refractivity contribution < 1.29 is 0 Å². The van der Waals surface area contributed by atoms with E-state index in [9.17, 15) is 0 Å². The Balaban J connectivity index is 2.74. The number of nitrogens with zero attached hydrogens (tertiary/aromatic N) is 2. The summed E-state index contributed by atoms with van der Waals surface area (Å²) in [5.74, 6) is 1.08. The lowest BCUT2D eigenvalue weighted by molar-refractivity contribution is 0.274. The highest BCUT2D eigenvalue weighted by molar-refractivity contribution is 5.68. The molecule has 0 bridgehead atoms. The molecule has 1 heterocycles. The van der Waals surface area contributed by atoms with E-state index in [1.807, 2.05) is 6.07 Å². The third-order valence-electron chi connectivity index (χ3n) is 3.16. The first-order valence-electron chi connectivity index (χ1n) is 5.74. The molecule has 4 nitrogen and oxygen atoms in total. The molecule has 1 rings (SSSR count). The minimum absolute atomic E-state index is 0.231. The van der Waals surface area contributed by atoms with E-state index in [0.29, 0.717) is 23.0 Å². The minimum atomic E-state index is 0.231. The molecule has 0 spiro atoms. The van der Waals surface area contributed by atoms with Crippen LogP contribution in [0.15, 0.2) is 12.3 Å². The summed E-state index contributed by atoms with van der Waals surface area (Å²) in [5, 5.41) is 12.1. The van der Waals surface area contributed by atoms with Crippen molar-refractivity contribution in [3.05, 3.63) is 17.8 Å². The normalized spacial score (nSPS) is 12.9. The number of nitriles is 1. The Morgan fingerprint density at radius 2 is 2.18 bits per heavy atom. The number of aromatic nitrogens is 1. The SMILES string of the molecule is CC(CNc1nccc(C#N)c1N)C(C)(C)C. The minimum Gasteiger partial charge on any atom is -0.395 e. The van der Waals surface area contributed by atoms with E-state index < -0.39 is 0 Å². The van der Waals surface area contributed by atoms with E-state index in [-0.39, 0.29) is 5.41 Å². The first kappa shape index (κ1) is 13.3. The number of pyridine rings is 1. The van der Waals surface area contributed by atoms with Crippen LogP contribution in [0.2, 0.25) is 0 Å². The predicted octanol–water partition coefficient (Wildman–Crippen LogP) is 2.63. The summed E-state index contributed by atoms with van der Waals surface area (Å²) in [5.41, 5.74) is 6.96. The quantitative estimate of drug-likeness (QED) is 0.840. The number of nitrogens with one attached hydrogen (secondary N) is 1. The number of hydrogen-bond acceptors (Lipinski definition) is 4. The van der Waals surface area contributed by atoms with Crippen molar-refractivity contribution in [3.63, 3.8) is 0 Å². The molecular weight excluding hydrogens is 212 g/mol. The molecule has 1 aromatic rings. The fraction of sp³-hybridized carbons (Fsp3) is 0.538. The van der Waals surface area contributed by atoms with E-state index in [0.717, 1.165) is 6.54 Å². The first-order chi connectivity index (χ1) is 7.86. The number of anilines is 2. The number of hydrogen-bond donors (Lipinski definition) is 2. The van der Waals surface area contributed by atoms with Gasteiger partial charge in [0.2, 0.25) is 0 Å². The lowest BCUT2D eigenvalue weighted by Crippen LogP contribution is -2.25. The monoisotopic (exact) mass is 232 g/mol. The van der Waals surface area contributed by atoms with Crippen molar-refractivity contribution in [3.8, 4) is 6.07 Å². The van der Waals surface area contributed by atoms with Gasteiger partial charge in [-0.3, -0.25) is 0 Å². The molecule has 0 aromatic carbocycles. The molecule has 4 heteroatoms. The third-order valence-corrected chi connectivity index (χ3v) is 3.16. The predicted molar refractivity (Wildman–Crippen MR) is 70.5 cm³/mol. The average molecular weight is 232 g/mol. The van der Waals surface area contributed by atoms with Gasteiger partial charge < -0.3 is 11.1 Å². The molecule has 1 atom stereocenters. The Hall–Kier alpha value is -1.76. The van der Waals surface area contributed by atoms with E-state index in [2.05, 4.69) is 38.0 Å². The van der Waals surface area contributed by atoms with Crippen molar-refractivity contribution in [2.45, 2.75) is 27.7 Å². The van der Waals surface area contributed by atoms with Gasteiger partial charge in [0.25, 0.3) is 0 Å². The van der Waals surface area contributed by atoms with Crippen molar-refractivity contribution in [1.29, 1.82) is 5.26 Å². The second-order valence-electron chi connectivity index (χ2n) is 5.38. The standard InChI is InChI=1S/C13H20N4/c1-9(13(2,3)4)8-17-12-11(15)10(7-14)5-6-16-12/h5-6,9H,8,15H2,1-4H3,(H,16,17). The smallest absolute Gasteiger partial charge is 0.150 e. The topological polar surface area (TPSA) is 74.7 Å². The molecule has 0 fully saturated rings. The number of nitrogen functional groups attached to an aromatic ring is 1. The third kappa shape index (κ3) is 3.35. The molecule has 0 saturated heterocycles. The van der Waals surface area contributed by atoms with Crippen LogP contribution < -0.4 is 11.1 Å². The summed E-state index contributed by atoms with van der Waals surface area (Å²) >= 11 is 0. The van der Waals surface area contributed by atoms with Gasteiger partial charge in [0.1, 0.15) is 6.07 Å². The van der Waals surface area contributed by atoms with Crippen molar-refractivity contribution in [1.82, 2.24) is 4.98 Å². The van der Waals surface area contributed by atoms with Crippen molar-refractivity contribution in [2.75, 3.05) is 17.6 Å². The molecule has 3 N–H and O–H groups in total. The van der Waals surface area contributed by atoms with E-state index in [1.54, 1.807) is 12.3 Å². The molecule has 92 valence electrons. The van der Waals surface area contributed by atoms with Gasteiger partial charge in [0.05, 0.1) is 11.3 Å². The van der Waals surface area contributed by atoms with Crippen LogP contribution in [0.4, 0.5) is 11.5 Å². The maximum atomic E-state index is 8.86. The zero-order valence-electron chi connectivity index (χ0n) is 10.9. The van der Waals surface area contributed by atoms with Crippen LogP contribution in [-0.4, -0.2) is 11.5 Å². The Labute approximate surface area is 103 Å². The van der Waals surface area contributed by atoms with Gasteiger partial charge in [-0.05, 0) is 17.4 Å². The summed E-state index contributed by atoms with van der Waals surface area (Å²) in [6.07, 6.45) is 1.60. The van der Waals surface area contributed by atoms with Crippen molar-refractivity contribution in [2.24, 2.45) is 11.3 Å². The second kappa shape index (κ2) is 5.05. The van der Waals surface area contributed by atoms with Gasteiger partial charge in [-0.1, -0.05) is 27.7 Å². The summed E-state index contributed by atoms with van der Waals surface area (Å²) < 4.78 is 0. The summed E-state index contributed by atoms with van der Waals surface area (Å²) in [7, 11) is 0. The van der Waals surface area contributed by atoms with Crippen LogP contribution in [-0.2, 0) is 0 Å². The van der Waals surface area contributed by atoms with Crippen LogP contribution in [0.3, 0.4) is 0 Å². The molecule has 1 aromatic heterocycles. The maximum Gasteiger partial charge on any atom is 0.150 e. The van der Waals surface area contributed by atoms with Gasteiger partial charge in [-0.15, -0.1) is 0 Å². The summed E-state index contributed by atoms with van der Waals surface area (Å²) in [4.78, 5) is 4.15. The molecule has 17 heavy (non-hydrogen) atoms. The highest BCUT2D eigenvalue weighted by Crippen LogP contribution is 2.26. The molecule has 0 aliphatic rings. The lowest BCUT2D eigenvalue weighted by atomic mass is 9.82. The lowest BCUT2D eigenvalue weighted by Gasteiger charge is -2.27. The van der Waals surface area contributed by atoms with Crippen LogP contribution in [0, 0.1) is 22.7 Å². The zero-order valence-corrected chi connectivity index (χ0v) is 10.9. The van der Waals surface area contributed by atoms with Crippen LogP contribution in [0.1, 0.15) is 33.3 Å². The zero-order chi connectivity index (χ0) is 13.1. The van der Waals surface area contributed by atoms with Crippen LogP contribution in [0.5, 0.6) is 0 Å². The fourth-order valence-corrected chi connectivity index (χ4v) is 1.27. The van der Waals surface area contributed by atoms with Crippen molar-refractivity contribution >= 4 is 11.5 Å². The second-order valence-corrected chi connectivity index (χ2v) is 5.38. The highest BCUT2D eigenvalue weighted by atomic mass is 15.0. The van der Waals surface area contributed by atoms with Gasteiger partial charge in [-0.25, -0.2) is 4.98 Å². The van der Waals surface area contributed by atoms with Gasteiger partial charge in [-0.2, -0.15) is 5.26 Å². The van der Waals surface area contributed by atoms with E-state index in [1.165, 1.54) is 0 Å². The molecule has 0 aliphatic heterocycles. The average Bonchev–Trinajstić information content (AvgIpc) is 2.26. The van der Waals surface area contributed by atoms with E-state index >= 15 is 0 Å². The van der Waals surface area contributed by atoms with Gasteiger partial charge >= 0.3 is 0 Å². The Bertz CT molecular complexity index is 426. The fourth-order valence-electron chi connectivity index (χ4n) is 1.27. The number of rotatable bonds is 3.